The number of hydrogen-bond acceptors (Lipinski definition) is 4. The van der Waals surface area contributed by atoms with Crippen molar-refractivity contribution < 1.29 is 29.1 Å². The van der Waals surface area contributed by atoms with Gasteiger partial charge < -0.3 is 0 Å². The molecule has 0 aromatic rings. The molecule has 0 aliphatic carbocycles. The third-order valence-corrected chi connectivity index (χ3v) is 44.6. The molecule has 0 amide bonds. The first-order valence-corrected chi connectivity index (χ1v) is 31.1. The second kappa shape index (κ2) is 14.7. The zero-order valence-corrected chi connectivity index (χ0v) is 36.0. The van der Waals surface area contributed by atoms with E-state index in [0.29, 0.717) is 35.5 Å². The molecule has 0 aliphatic rings. The van der Waals surface area contributed by atoms with Crippen molar-refractivity contribution in [2.45, 2.75) is 200 Å². The molecule has 0 saturated heterocycles. The Hall–Kier alpha value is 0.0431. The van der Waals surface area contributed by atoms with Crippen molar-refractivity contribution in [1.82, 2.24) is 0 Å². The van der Waals surface area contributed by atoms with E-state index in [1.54, 1.807) is 12.2 Å². The molecule has 0 heterocycles. The number of allylic oxidation sites excluding steroid dienone is 2. The van der Waals surface area contributed by atoms with Crippen LogP contribution < -0.4 is 0 Å². The molecule has 0 saturated carbocycles. The summed E-state index contributed by atoms with van der Waals surface area (Å²) >= 11 is -7.84. The Morgan fingerprint density at radius 1 is 0.500 bits per heavy atom. The fourth-order valence-electron chi connectivity index (χ4n) is 8.89. The molecule has 0 atom stereocenters. The average Bonchev–Trinajstić information content (AvgIpc) is 2.89. The Bertz CT molecular complexity index is 1010. The third-order valence-electron chi connectivity index (χ3n) is 12.1. The molecule has 277 valence electrons. The minimum atomic E-state index is -7.84. The van der Waals surface area contributed by atoms with E-state index in [1.807, 2.05) is 0 Å². The van der Waals surface area contributed by atoms with Gasteiger partial charge in [0.1, 0.15) is 0 Å². The van der Waals surface area contributed by atoms with Crippen molar-refractivity contribution >= 4 is 0 Å². The quantitative estimate of drug-likeness (QED) is 0.0439. The van der Waals surface area contributed by atoms with Gasteiger partial charge in [0, 0.05) is 0 Å². The molecule has 0 rings (SSSR count). The molecule has 0 aromatic carbocycles. The van der Waals surface area contributed by atoms with Gasteiger partial charge in [-0.25, -0.2) is 0 Å². The van der Waals surface area contributed by atoms with E-state index in [1.165, 1.54) is 0 Å². The summed E-state index contributed by atoms with van der Waals surface area (Å²) in [5.41, 5.74) is 0.589. The minimum absolute atomic E-state index is 0.0366. The zero-order valence-electron chi connectivity index (χ0n) is 33.6. The van der Waals surface area contributed by atoms with Crippen LogP contribution in [-0.4, -0.2) is 11.9 Å². The number of hydrogen-bond donors (Lipinski definition) is 1. The van der Waals surface area contributed by atoms with Gasteiger partial charge in [-0.15, -0.1) is 0 Å². The standard InChI is InChI=1S/3C10H21.C5H11O.2C3H5.H2O2.O.Zr/c3*1-5-6-7-8-9-10(2,3)4;1-5(2,3)4-6;2*1-3-2;1-2;;/h3*1,5-9H2,2-4H3;4H2,1-3H3;2*3H,1-2H2;1-2H;;/q;;;-1;;;;;+2/p-1. The zero-order chi connectivity index (χ0) is 36.0. The predicted molar refractivity (Wildman–Crippen MR) is 202 cm³/mol. The van der Waals surface area contributed by atoms with Gasteiger partial charge in [-0.1, -0.05) is 0 Å². The van der Waals surface area contributed by atoms with E-state index < -0.39 is 15.2 Å². The Morgan fingerprint density at radius 2 is 0.783 bits per heavy atom. The van der Waals surface area contributed by atoms with Gasteiger partial charge in [0.25, 0.3) is 0 Å². The van der Waals surface area contributed by atoms with Gasteiger partial charge in [-0.3, -0.25) is 0 Å². The average molecular weight is 733 g/mol. The van der Waals surface area contributed by atoms with E-state index in [2.05, 4.69) is 96.2 Å². The van der Waals surface area contributed by atoms with Gasteiger partial charge >= 0.3 is 283 Å². The Labute approximate surface area is 281 Å². The SMILES string of the molecule is C=C[CH2][Zr](=[O])([CH2]C=C)([CH2]CCCCCC(C)(C)C)([CH2]CCCCCC(C)(C)C)([CH2]CCCCCC(C)(C)C)([O]O)[O]CC(C)(C)C. The summed E-state index contributed by atoms with van der Waals surface area (Å²) in [7, 11) is 0. The fourth-order valence-corrected chi connectivity index (χ4v) is 37.7. The van der Waals surface area contributed by atoms with Gasteiger partial charge in [0.15, 0.2) is 0 Å². The van der Waals surface area contributed by atoms with Crippen LogP contribution in [0.3, 0.4) is 0 Å². The Balaban J connectivity index is 7.06. The molecule has 5 heteroatoms. The van der Waals surface area contributed by atoms with E-state index in [9.17, 15) is 5.26 Å². The second-order valence-electron chi connectivity index (χ2n) is 22.3. The predicted octanol–water partition coefficient (Wildman–Crippen LogP) is 15.5. The topological polar surface area (TPSA) is 55.8 Å². The van der Waals surface area contributed by atoms with E-state index in [-0.39, 0.29) is 32.7 Å². The summed E-state index contributed by atoms with van der Waals surface area (Å²) in [6.45, 7) is 35.5. The van der Waals surface area contributed by atoms with Crippen LogP contribution in [0.25, 0.3) is 0 Å². The van der Waals surface area contributed by atoms with Gasteiger partial charge in [0.2, 0.25) is 0 Å². The van der Waals surface area contributed by atoms with Crippen LogP contribution in [0.1, 0.15) is 179 Å². The fraction of sp³-hybridized carbons (Fsp3) is 0.902. The van der Waals surface area contributed by atoms with Crippen molar-refractivity contribution in [3.63, 3.8) is 0 Å². The Morgan fingerprint density at radius 3 is 1.00 bits per heavy atom. The van der Waals surface area contributed by atoms with Crippen LogP contribution in [0.15, 0.2) is 25.3 Å². The van der Waals surface area contributed by atoms with Gasteiger partial charge in [-0.2, -0.15) is 0 Å². The first-order chi connectivity index (χ1) is 20.6. The molecule has 4 nitrogen and oxygen atoms in total. The third kappa shape index (κ3) is 13.1. The molecule has 46 heavy (non-hydrogen) atoms. The summed E-state index contributed by atoms with van der Waals surface area (Å²) in [5.74, 6) is 0. The van der Waals surface area contributed by atoms with Gasteiger partial charge in [-0.05, 0) is 0 Å². The molecular weight excluding hydrogens is 648 g/mol. The molecule has 0 radical (unpaired) electrons. The van der Waals surface area contributed by atoms with Crippen molar-refractivity contribution in [3.8, 4) is 0 Å². The second-order valence-corrected chi connectivity index (χ2v) is 53.3. The van der Waals surface area contributed by atoms with Crippen LogP contribution in [0, 0.1) is 21.7 Å². The Kier molecular flexibility index (Phi) is 14.7. The van der Waals surface area contributed by atoms with Crippen LogP contribution >= 0.6 is 0 Å². The normalized spacial score (nSPS) is 17.1. The van der Waals surface area contributed by atoms with Crippen LogP contribution in [0.5, 0.6) is 0 Å². The first-order valence-electron chi connectivity index (χ1n) is 19.4. The van der Waals surface area contributed by atoms with Crippen molar-refractivity contribution in [2.75, 3.05) is 6.61 Å². The summed E-state index contributed by atoms with van der Waals surface area (Å²) in [5, 5.41) is 11.8. The molecule has 0 aromatic heterocycles. The molecule has 0 unspecified atom stereocenters. The summed E-state index contributed by atoms with van der Waals surface area (Å²) < 4.78 is 32.3. The molecule has 0 spiro atoms. The molecular formula is C41H85O4Zr. The first kappa shape index (κ1) is 46.0. The summed E-state index contributed by atoms with van der Waals surface area (Å²) in [4.78, 5) is 0. The number of rotatable bonds is 25. The molecule has 0 aliphatic heterocycles. The van der Waals surface area contributed by atoms with Crippen molar-refractivity contribution in [1.29, 1.82) is 0 Å². The van der Waals surface area contributed by atoms with E-state index >= 15 is 2.81 Å². The summed E-state index contributed by atoms with van der Waals surface area (Å²) in [6.07, 6.45) is 18.3. The van der Waals surface area contributed by atoms with Crippen LogP contribution in [0.2, 0.25) is 20.6 Å². The van der Waals surface area contributed by atoms with Crippen LogP contribution in [0.4, 0.5) is 0 Å². The van der Waals surface area contributed by atoms with E-state index in [0.717, 1.165) is 77.0 Å². The van der Waals surface area contributed by atoms with Gasteiger partial charge in [0.05, 0.1) is 0 Å². The molecule has 0 bridgehead atoms. The monoisotopic (exact) mass is 732 g/mol. The molecule has 0 fully saturated rings. The maximum absolute atomic E-state index is 17.9. The van der Waals surface area contributed by atoms with Crippen molar-refractivity contribution in [3.05, 3.63) is 25.3 Å². The van der Waals surface area contributed by atoms with Crippen LogP contribution in [-0.2, 0) is 23.8 Å². The number of unbranched alkanes of at least 4 members (excludes halogenated alkanes) is 9. The summed E-state index contributed by atoms with van der Waals surface area (Å²) in [6, 6.07) is 0. The maximum atomic E-state index is 17.9. The van der Waals surface area contributed by atoms with Crippen molar-refractivity contribution in [2.24, 2.45) is 21.7 Å². The van der Waals surface area contributed by atoms with E-state index in [4.69, 9.17) is 5.78 Å². The molecule has 1 N–H and O–H groups in total.